The third-order valence-corrected chi connectivity index (χ3v) is 5.06. The summed E-state index contributed by atoms with van der Waals surface area (Å²) in [4.78, 5) is 16.8. The molecule has 1 aromatic heterocycles. The second-order valence-corrected chi connectivity index (χ2v) is 6.72. The Balaban J connectivity index is 1.79. The number of carbonyl (C=O) groups excluding carboxylic acids is 1. The molecule has 1 aliphatic rings. The van der Waals surface area contributed by atoms with E-state index in [9.17, 15) is 4.79 Å². The molecule has 1 aliphatic carbocycles. The van der Waals surface area contributed by atoms with E-state index in [1.165, 1.54) is 16.7 Å². The first-order valence-electron chi connectivity index (χ1n) is 8.25. The summed E-state index contributed by atoms with van der Waals surface area (Å²) in [5, 5.41) is 0. The third kappa shape index (κ3) is 3.16. The van der Waals surface area contributed by atoms with Crippen molar-refractivity contribution in [3.8, 4) is 0 Å². The molecule has 2 aromatic rings. The normalized spacial score (nSPS) is 21.0. The van der Waals surface area contributed by atoms with Crippen molar-refractivity contribution in [2.24, 2.45) is 11.8 Å². The van der Waals surface area contributed by atoms with Gasteiger partial charge in [-0.1, -0.05) is 32.0 Å². The molecule has 0 saturated heterocycles. The van der Waals surface area contributed by atoms with Crippen LogP contribution >= 0.6 is 0 Å². The van der Waals surface area contributed by atoms with Crippen molar-refractivity contribution < 1.29 is 9.53 Å². The molecule has 4 heteroatoms. The zero-order chi connectivity index (χ0) is 16.6. The van der Waals surface area contributed by atoms with E-state index >= 15 is 0 Å². The number of aryl methyl sites for hydroxylation is 1. The van der Waals surface area contributed by atoms with Crippen LogP contribution in [0.2, 0.25) is 0 Å². The van der Waals surface area contributed by atoms with Gasteiger partial charge in [0.2, 0.25) is 0 Å². The Morgan fingerprint density at radius 2 is 2.17 bits per heavy atom. The van der Waals surface area contributed by atoms with Gasteiger partial charge in [-0.3, -0.25) is 0 Å². The monoisotopic (exact) mass is 312 g/mol. The number of aromatic nitrogens is 2. The summed E-state index contributed by atoms with van der Waals surface area (Å²) < 4.78 is 6.99. The summed E-state index contributed by atoms with van der Waals surface area (Å²) in [5.41, 5.74) is 3.69. The first-order chi connectivity index (χ1) is 11.0. The van der Waals surface area contributed by atoms with Crippen LogP contribution in [0.25, 0.3) is 0 Å². The van der Waals surface area contributed by atoms with Crippen LogP contribution in [0.3, 0.4) is 0 Å². The summed E-state index contributed by atoms with van der Waals surface area (Å²) >= 11 is 0. The topological polar surface area (TPSA) is 44.1 Å². The lowest BCUT2D eigenvalue weighted by Crippen LogP contribution is -2.19. The largest absolute Gasteiger partial charge is 0.449 e. The molecule has 0 radical (unpaired) electrons. The Labute approximate surface area is 137 Å². The average Bonchev–Trinajstić information content (AvgIpc) is 3.03. The first-order valence-corrected chi connectivity index (χ1v) is 8.25. The zero-order valence-corrected chi connectivity index (χ0v) is 14.2. The van der Waals surface area contributed by atoms with Crippen LogP contribution in [-0.4, -0.2) is 22.3 Å². The molecule has 1 aromatic carbocycles. The highest BCUT2D eigenvalue weighted by molar-refractivity contribution is 5.71. The van der Waals surface area contributed by atoms with Crippen molar-refractivity contribution in [2.45, 2.75) is 40.0 Å². The van der Waals surface area contributed by atoms with Crippen LogP contribution in [0.15, 0.2) is 30.6 Å². The number of hydrogen-bond acceptors (Lipinski definition) is 3. The SMILES string of the molecule is Cc1cccc([C@H](C)c2nccn2C(=O)OCC2CC2C)c1C. The van der Waals surface area contributed by atoms with Gasteiger partial charge in [-0.15, -0.1) is 0 Å². The summed E-state index contributed by atoms with van der Waals surface area (Å²) in [5.74, 6) is 1.98. The number of nitrogens with zero attached hydrogens (tertiary/aromatic N) is 2. The quantitative estimate of drug-likeness (QED) is 0.846. The highest BCUT2D eigenvalue weighted by Crippen LogP contribution is 2.37. The Bertz CT molecular complexity index is 720. The van der Waals surface area contributed by atoms with Gasteiger partial charge in [0, 0.05) is 18.3 Å². The zero-order valence-electron chi connectivity index (χ0n) is 14.2. The molecular weight excluding hydrogens is 288 g/mol. The van der Waals surface area contributed by atoms with Crippen LogP contribution in [-0.2, 0) is 4.74 Å². The smallest absolute Gasteiger partial charge is 0.419 e. The highest BCUT2D eigenvalue weighted by Gasteiger charge is 2.34. The molecule has 1 saturated carbocycles. The van der Waals surface area contributed by atoms with Crippen LogP contribution < -0.4 is 0 Å². The maximum absolute atomic E-state index is 12.4. The van der Waals surface area contributed by atoms with Crippen LogP contribution in [0.4, 0.5) is 4.79 Å². The molecule has 0 aliphatic heterocycles. The van der Waals surface area contributed by atoms with Gasteiger partial charge >= 0.3 is 6.09 Å². The van der Waals surface area contributed by atoms with E-state index < -0.39 is 0 Å². The van der Waals surface area contributed by atoms with E-state index in [0.29, 0.717) is 18.4 Å². The molecule has 3 atom stereocenters. The third-order valence-electron chi connectivity index (χ3n) is 5.06. The van der Waals surface area contributed by atoms with Crippen molar-refractivity contribution in [2.75, 3.05) is 6.61 Å². The second kappa shape index (κ2) is 6.19. The Hall–Kier alpha value is -2.10. The summed E-state index contributed by atoms with van der Waals surface area (Å²) in [6.45, 7) is 8.99. The molecule has 122 valence electrons. The van der Waals surface area contributed by atoms with Crippen molar-refractivity contribution >= 4 is 6.09 Å². The minimum atomic E-state index is -0.325. The molecule has 23 heavy (non-hydrogen) atoms. The van der Waals surface area contributed by atoms with Crippen molar-refractivity contribution in [3.63, 3.8) is 0 Å². The maximum atomic E-state index is 12.4. The standard InChI is InChI=1S/C19H24N2O2/c1-12-6-5-7-17(14(12)3)15(4)18-20-8-9-21(18)19(22)23-11-16-10-13(16)2/h5-9,13,15-16H,10-11H2,1-4H3/t13?,15-,16?/m0/s1. The molecule has 2 unspecified atom stereocenters. The highest BCUT2D eigenvalue weighted by atomic mass is 16.5. The van der Waals surface area contributed by atoms with E-state index in [0.717, 1.165) is 12.2 Å². The summed E-state index contributed by atoms with van der Waals surface area (Å²) in [6, 6.07) is 6.25. The van der Waals surface area contributed by atoms with Gasteiger partial charge in [0.05, 0.1) is 6.61 Å². The van der Waals surface area contributed by atoms with Crippen molar-refractivity contribution in [1.82, 2.24) is 9.55 Å². The van der Waals surface area contributed by atoms with Gasteiger partial charge < -0.3 is 4.74 Å². The Kier molecular flexibility index (Phi) is 4.24. The van der Waals surface area contributed by atoms with E-state index in [1.54, 1.807) is 17.0 Å². The van der Waals surface area contributed by atoms with Gasteiger partial charge in [0.15, 0.2) is 0 Å². The van der Waals surface area contributed by atoms with E-state index in [4.69, 9.17) is 4.74 Å². The van der Waals surface area contributed by atoms with Crippen molar-refractivity contribution in [1.29, 1.82) is 0 Å². The number of carbonyl (C=O) groups is 1. The Morgan fingerprint density at radius 3 is 2.87 bits per heavy atom. The van der Waals surface area contributed by atoms with Gasteiger partial charge in [0.25, 0.3) is 0 Å². The molecule has 0 spiro atoms. The van der Waals surface area contributed by atoms with Crippen LogP contribution in [0.5, 0.6) is 0 Å². The second-order valence-electron chi connectivity index (χ2n) is 6.72. The number of imidazole rings is 1. The van der Waals surface area contributed by atoms with Gasteiger partial charge in [-0.05, 0) is 48.8 Å². The molecular formula is C19H24N2O2. The molecule has 1 heterocycles. The van der Waals surface area contributed by atoms with Gasteiger partial charge in [-0.25, -0.2) is 14.3 Å². The number of rotatable bonds is 4. The molecule has 3 rings (SSSR count). The predicted molar refractivity (Wildman–Crippen MR) is 89.7 cm³/mol. The molecule has 0 N–H and O–H groups in total. The fraction of sp³-hybridized carbons (Fsp3) is 0.474. The van der Waals surface area contributed by atoms with E-state index in [2.05, 4.69) is 44.8 Å². The molecule has 0 amide bonds. The average molecular weight is 312 g/mol. The first kappa shape index (κ1) is 15.8. The van der Waals surface area contributed by atoms with Crippen LogP contribution in [0.1, 0.15) is 48.7 Å². The molecule has 4 nitrogen and oxygen atoms in total. The number of ether oxygens (including phenoxy) is 1. The van der Waals surface area contributed by atoms with Crippen LogP contribution in [0, 0.1) is 25.7 Å². The van der Waals surface area contributed by atoms with Gasteiger partial charge in [-0.2, -0.15) is 0 Å². The summed E-state index contributed by atoms with van der Waals surface area (Å²) in [7, 11) is 0. The van der Waals surface area contributed by atoms with Crippen molar-refractivity contribution in [3.05, 3.63) is 53.1 Å². The number of benzene rings is 1. The number of hydrogen-bond donors (Lipinski definition) is 0. The maximum Gasteiger partial charge on any atom is 0.419 e. The lowest BCUT2D eigenvalue weighted by Gasteiger charge is -2.17. The lowest BCUT2D eigenvalue weighted by atomic mass is 9.93. The molecule has 0 bridgehead atoms. The minimum Gasteiger partial charge on any atom is -0.449 e. The fourth-order valence-corrected chi connectivity index (χ4v) is 3.05. The Morgan fingerprint density at radius 1 is 1.43 bits per heavy atom. The van der Waals surface area contributed by atoms with Gasteiger partial charge in [0.1, 0.15) is 5.82 Å². The summed E-state index contributed by atoms with van der Waals surface area (Å²) in [6.07, 6.45) is 4.19. The lowest BCUT2D eigenvalue weighted by molar-refractivity contribution is 0.140. The fourth-order valence-electron chi connectivity index (χ4n) is 3.05. The predicted octanol–water partition coefficient (Wildman–Crippen LogP) is 4.29. The molecule has 1 fully saturated rings. The van der Waals surface area contributed by atoms with E-state index in [1.807, 2.05) is 6.07 Å². The minimum absolute atomic E-state index is 0.0392. The van der Waals surface area contributed by atoms with E-state index in [-0.39, 0.29) is 12.0 Å².